The highest BCUT2D eigenvalue weighted by atomic mass is 32.1. The molecule has 0 radical (unpaired) electrons. The molecule has 2 fully saturated rings. The average Bonchev–Trinajstić information content (AvgIpc) is 3.21. The molecular formula is C33H32F3N7OS. The number of nitrogens with two attached hydrogens (primary N) is 1. The van der Waals surface area contributed by atoms with Crippen LogP contribution >= 0.6 is 12.2 Å². The van der Waals surface area contributed by atoms with E-state index in [0.29, 0.717) is 17.8 Å². The molecule has 0 atom stereocenters. The minimum atomic E-state index is -4.87. The van der Waals surface area contributed by atoms with E-state index in [0.717, 1.165) is 67.6 Å². The number of aromatic nitrogens is 1. The van der Waals surface area contributed by atoms with Gasteiger partial charge in [-0.25, -0.2) is 4.98 Å². The van der Waals surface area contributed by atoms with Gasteiger partial charge in [-0.15, -0.1) is 0 Å². The third-order valence-electron chi connectivity index (χ3n) is 7.95. The molecule has 45 heavy (non-hydrogen) atoms. The van der Waals surface area contributed by atoms with Crippen molar-refractivity contribution in [1.29, 1.82) is 5.26 Å². The van der Waals surface area contributed by atoms with Gasteiger partial charge in [-0.05, 0) is 94.1 Å². The van der Waals surface area contributed by atoms with E-state index in [2.05, 4.69) is 26.6 Å². The van der Waals surface area contributed by atoms with Crippen molar-refractivity contribution in [2.45, 2.75) is 32.0 Å². The lowest BCUT2D eigenvalue weighted by Gasteiger charge is -2.35. The van der Waals surface area contributed by atoms with Crippen molar-refractivity contribution in [3.05, 3.63) is 83.0 Å². The van der Waals surface area contributed by atoms with Gasteiger partial charge in [-0.3, -0.25) is 14.6 Å². The second-order valence-corrected chi connectivity index (χ2v) is 11.7. The van der Waals surface area contributed by atoms with Gasteiger partial charge in [0.05, 0.1) is 22.9 Å². The molecule has 0 bridgehead atoms. The number of nitrogens with zero attached hydrogens (tertiary/aromatic N) is 6. The van der Waals surface area contributed by atoms with Gasteiger partial charge >= 0.3 is 6.18 Å². The zero-order valence-electron chi connectivity index (χ0n) is 24.9. The van der Waals surface area contributed by atoms with Crippen LogP contribution in [0.25, 0.3) is 0 Å². The summed E-state index contributed by atoms with van der Waals surface area (Å²) in [5.41, 5.74) is 4.05. The minimum Gasteiger partial charge on any atom is -0.354 e. The van der Waals surface area contributed by atoms with Crippen LogP contribution in [0.1, 0.15) is 42.5 Å². The summed E-state index contributed by atoms with van der Waals surface area (Å²) in [5, 5.41) is 9.22. The minimum absolute atomic E-state index is 0.118. The molecule has 2 aliphatic rings. The lowest BCUT2D eigenvalue weighted by atomic mass is 10.0. The Morgan fingerprint density at radius 3 is 2.27 bits per heavy atom. The summed E-state index contributed by atoms with van der Waals surface area (Å²) in [4.78, 5) is 25.2. The second kappa shape index (κ2) is 12.9. The van der Waals surface area contributed by atoms with Crippen molar-refractivity contribution < 1.29 is 18.0 Å². The standard InChI is InChI=1S/C33H32F3N7OS/c1-32(2)30(44)42(27-6-3-5-25(21-38)29(27)33(34,35)36)31(45)43(32)26-12-9-23(10-13-26)7-8-24-11-14-28(39-22-24)41-19-17-40(18-20-41)16-4-15-37/h3,5-6,9-14,22H,4,15-20,37H2,1-2H3. The van der Waals surface area contributed by atoms with Crippen molar-refractivity contribution in [3.63, 3.8) is 0 Å². The molecule has 5 rings (SSSR count). The lowest BCUT2D eigenvalue weighted by Crippen LogP contribution is -2.47. The SMILES string of the molecule is CC1(C)C(=O)N(c2cccc(C#N)c2C(F)(F)F)C(=S)N1c1ccc(C#Cc2ccc(N3CCN(CCCN)CC3)nc2)cc1. The molecule has 0 aliphatic carbocycles. The summed E-state index contributed by atoms with van der Waals surface area (Å²) in [7, 11) is 0. The Hall–Kier alpha value is -4.49. The predicted molar refractivity (Wildman–Crippen MR) is 172 cm³/mol. The third-order valence-corrected chi connectivity index (χ3v) is 8.32. The number of thiocarbonyl (C=S) groups is 1. The zero-order valence-corrected chi connectivity index (χ0v) is 25.8. The van der Waals surface area contributed by atoms with E-state index >= 15 is 0 Å². The summed E-state index contributed by atoms with van der Waals surface area (Å²) in [6.45, 7) is 8.68. The van der Waals surface area contributed by atoms with Crippen molar-refractivity contribution in [3.8, 4) is 17.9 Å². The fourth-order valence-electron chi connectivity index (χ4n) is 5.56. The molecule has 12 heteroatoms. The Morgan fingerprint density at radius 2 is 1.67 bits per heavy atom. The van der Waals surface area contributed by atoms with Crippen LogP contribution in [0.15, 0.2) is 60.8 Å². The summed E-state index contributed by atoms with van der Waals surface area (Å²) in [6.07, 6.45) is -2.12. The number of hydrogen-bond donors (Lipinski definition) is 1. The molecule has 0 saturated carbocycles. The quantitative estimate of drug-likeness (QED) is 0.308. The number of hydrogen-bond acceptors (Lipinski definition) is 7. The van der Waals surface area contributed by atoms with Gasteiger partial charge in [0.1, 0.15) is 11.4 Å². The van der Waals surface area contributed by atoms with Gasteiger partial charge in [0.15, 0.2) is 5.11 Å². The fourth-order valence-corrected chi connectivity index (χ4v) is 6.07. The molecule has 1 amide bonds. The first kappa shape index (κ1) is 31.9. The first-order chi connectivity index (χ1) is 21.5. The molecular weight excluding hydrogens is 599 g/mol. The van der Waals surface area contributed by atoms with Gasteiger partial charge in [0.25, 0.3) is 5.91 Å². The van der Waals surface area contributed by atoms with E-state index in [-0.39, 0.29) is 5.11 Å². The molecule has 1 aromatic heterocycles. The summed E-state index contributed by atoms with van der Waals surface area (Å²) >= 11 is 5.58. The number of benzene rings is 2. The van der Waals surface area contributed by atoms with Crippen LogP contribution in [0.4, 0.5) is 30.4 Å². The molecule has 0 unspecified atom stereocenters. The molecule has 232 valence electrons. The number of carbonyl (C=O) groups is 1. The number of pyridine rings is 1. The van der Waals surface area contributed by atoms with Crippen LogP contribution in [0, 0.1) is 23.2 Å². The van der Waals surface area contributed by atoms with Crippen LogP contribution in [0.5, 0.6) is 0 Å². The number of anilines is 3. The van der Waals surface area contributed by atoms with E-state index in [9.17, 15) is 23.2 Å². The summed E-state index contributed by atoms with van der Waals surface area (Å²) < 4.78 is 42.1. The molecule has 3 aromatic rings. The highest BCUT2D eigenvalue weighted by Gasteiger charge is 2.52. The van der Waals surface area contributed by atoms with E-state index in [4.69, 9.17) is 18.0 Å². The predicted octanol–water partition coefficient (Wildman–Crippen LogP) is 4.76. The highest BCUT2D eigenvalue weighted by Crippen LogP contribution is 2.43. The van der Waals surface area contributed by atoms with Crippen molar-refractivity contribution in [1.82, 2.24) is 9.88 Å². The average molecular weight is 632 g/mol. The van der Waals surface area contributed by atoms with Crippen LogP contribution in [0.3, 0.4) is 0 Å². The highest BCUT2D eigenvalue weighted by molar-refractivity contribution is 7.81. The molecule has 2 aliphatic heterocycles. The molecule has 2 N–H and O–H groups in total. The number of halogens is 3. The Morgan fingerprint density at radius 1 is 1.00 bits per heavy atom. The Bertz CT molecular complexity index is 1680. The van der Waals surface area contributed by atoms with Crippen LogP contribution in [0.2, 0.25) is 0 Å². The maximum atomic E-state index is 14.0. The van der Waals surface area contributed by atoms with E-state index in [1.807, 2.05) is 12.1 Å². The van der Waals surface area contributed by atoms with Crippen LogP contribution < -0.4 is 20.4 Å². The number of carbonyl (C=O) groups excluding carboxylic acids is 1. The number of piperazine rings is 1. The molecule has 0 spiro atoms. The number of alkyl halides is 3. The third kappa shape index (κ3) is 6.50. The lowest BCUT2D eigenvalue weighted by molar-refractivity contribution is -0.137. The maximum absolute atomic E-state index is 14.0. The van der Waals surface area contributed by atoms with Crippen molar-refractivity contribution in [2.75, 3.05) is 54.0 Å². The normalized spacial score (nSPS) is 16.9. The Balaban J connectivity index is 1.31. The van der Waals surface area contributed by atoms with Crippen molar-refractivity contribution in [2.24, 2.45) is 5.73 Å². The number of amides is 1. The first-order valence-corrected chi connectivity index (χ1v) is 14.9. The number of rotatable bonds is 6. The summed E-state index contributed by atoms with van der Waals surface area (Å²) in [5.74, 6) is 6.50. The first-order valence-electron chi connectivity index (χ1n) is 14.5. The van der Waals surface area contributed by atoms with Gasteiger partial charge in [-0.2, -0.15) is 18.4 Å². The van der Waals surface area contributed by atoms with E-state index in [1.54, 1.807) is 50.4 Å². The van der Waals surface area contributed by atoms with Gasteiger partial charge in [0.2, 0.25) is 0 Å². The van der Waals surface area contributed by atoms with Gasteiger partial charge < -0.3 is 15.5 Å². The zero-order chi connectivity index (χ0) is 32.4. The monoisotopic (exact) mass is 631 g/mol. The second-order valence-electron chi connectivity index (χ2n) is 11.3. The largest absolute Gasteiger partial charge is 0.419 e. The molecule has 2 aromatic carbocycles. The molecule has 8 nitrogen and oxygen atoms in total. The van der Waals surface area contributed by atoms with E-state index in [1.165, 1.54) is 11.0 Å². The summed E-state index contributed by atoms with van der Waals surface area (Å²) in [6, 6.07) is 16.0. The topological polar surface area (TPSA) is 92.7 Å². The molecule has 3 heterocycles. The fraction of sp³-hybridized carbons (Fsp3) is 0.333. The maximum Gasteiger partial charge on any atom is 0.419 e. The van der Waals surface area contributed by atoms with Crippen LogP contribution in [-0.2, 0) is 11.0 Å². The molecule has 2 saturated heterocycles. The Labute approximate surface area is 265 Å². The van der Waals surface area contributed by atoms with Gasteiger partial charge in [0, 0.05) is 49.2 Å². The van der Waals surface area contributed by atoms with Crippen molar-refractivity contribution >= 4 is 40.4 Å². The Kier molecular flexibility index (Phi) is 9.12. The van der Waals surface area contributed by atoms with Gasteiger partial charge in [-0.1, -0.05) is 17.9 Å². The van der Waals surface area contributed by atoms with E-state index < -0.39 is 34.4 Å². The smallest absolute Gasteiger partial charge is 0.354 e. The number of nitriles is 1. The van der Waals surface area contributed by atoms with Crippen LogP contribution in [-0.4, -0.2) is 65.7 Å².